The molecule has 1 aliphatic heterocycles. The first-order valence-electron chi connectivity index (χ1n) is 8.41. The molecule has 0 N–H and O–H groups in total. The average Bonchev–Trinajstić information content (AvgIpc) is 3.39. The number of hydrogen-bond donors (Lipinski definition) is 0. The van der Waals surface area contributed by atoms with Crippen LogP contribution in [0.3, 0.4) is 0 Å². The van der Waals surface area contributed by atoms with Crippen LogP contribution < -0.4 is 9.64 Å². The van der Waals surface area contributed by atoms with Crippen LogP contribution in [-0.2, 0) is 9.59 Å². The van der Waals surface area contributed by atoms with E-state index in [1.165, 1.54) is 25.3 Å². The zero-order chi connectivity index (χ0) is 17.5. The highest BCUT2D eigenvalue weighted by molar-refractivity contribution is 6.23. The van der Waals surface area contributed by atoms with E-state index in [0.717, 1.165) is 11.3 Å². The van der Waals surface area contributed by atoms with Crippen LogP contribution >= 0.6 is 0 Å². The Labute approximate surface area is 143 Å². The van der Waals surface area contributed by atoms with Crippen molar-refractivity contribution < 1.29 is 19.2 Å². The minimum atomic E-state index is -0.540. The Bertz CT molecular complexity index is 827. The van der Waals surface area contributed by atoms with Crippen molar-refractivity contribution in [3.63, 3.8) is 0 Å². The number of methoxy groups -OCH3 is 1. The maximum absolute atomic E-state index is 13.1. The van der Waals surface area contributed by atoms with Gasteiger partial charge in [0.15, 0.2) is 0 Å². The van der Waals surface area contributed by atoms with Crippen molar-refractivity contribution in [1.29, 1.82) is 0 Å². The van der Waals surface area contributed by atoms with E-state index < -0.39 is 4.92 Å². The lowest BCUT2D eigenvalue weighted by atomic mass is 9.63. The number of nitrogens with zero attached hydrogens (tertiary/aromatic N) is 2. The van der Waals surface area contributed by atoms with E-state index in [0.29, 0.717) is 11.8 Å². The summed E-state index contributed by atoms with van der Waals surface area (Å²) in [6, 6.07) is 3.99. The lowest BCUT2D eigenvalue weighted by molar-refractivity contribution is -0.384. The Morgan fingerprint density at radius 1 is 1.12 bits per heavy atom. The fraction of sp³-hybridized carbons (Fsp3) is 0.444. The summed E-state index contributed by atoms with van der Waals surface area (Å²) in [5.74, 6) is 0.371. The van der Waals surface area contributed by atoms with Crippen LogP contribution in [-0.4, -0.2) is 23.8 Å². The van der Waals surface area contributed by atoms with Gasteiger partial charge in [-0.15, -0.1) is 0 Å². The van der Waals surface area contributed by atoms with Crippen molar-refractivity contribution in [2.24, 2.45) is 35.5 Å². The summed E-state index contributed by atoms with van der Waals surface area (Å²) in [6.45, 7) is 0. The number of hydrogen-bond acceptors (Lipinski definition) is 5. The van der Waals surface area contributed by atoms with Gasteiger partial charge in [0.1, 0.15) is 11.4 Å². The number of ether oxygens (including phenoxy) is 1. The number of nitro benzene ring substituents is 1. The van der Waals surface area contributed by atoms with Crippen molar-refractivity contribution in [2.75, 3.05) is 12.0 Å². The Balaban J connectivity index is 1.60. The van der Waals surface area contributed by atoms with Crippen molar-refractivity contribution in [3.05, 3.63) is 40.5 Å². The molecule has 2 saturated carbocycles. The number of carbonyl (C=O) groups is 2. The van der Waals surface area contributed by atoms with Crippen LogP contribution in [0.2, 0.25) is 0 Å². The number of rotatable bonds is 3. The topological polar surface area (TPSA) is 89.8 Å². The quantitative estimate of drug-likeness (QED) is 0.364. The molecule has 2 bridgehead atoms. The standard InChI is InChI=1S/C18H16N2O5/c1-25-14-5-2-8(20(23)24)6-13(14)19-17(21)15-9-3-4-10(12-7-11(9)12)16(15)18(19)22/h2-6,9-12,15-16H,7H2,1H3/t9-,10-,11-,12-,15+,16+/m0/s1. The molecule has 128 valence electrons. The molecule has 4 aliphatic carbocycles. The first-order chi connectivity index (χ1) is 12.0. The molecule has 7 nitrogen and oxygen atoms in total. The summed E-state index contributed by atoms with van der Waals surface area (Å²) in [4.78, 5) is 37.9. The van der Waals surface area contributed by atoms with E-state index in [1.54, 1.807) is 0 Å². The molecule has 6 rings (SSSR count). The molecule has 6 atom stereocenters. The van der Waals surface area contributed by atoms with Gasteiger partial charge in [0.2, 0.25) is 11.8 Å². The van der Waals surface area contributed by atoms with Crippen LogP contribution in [0.15, 0.2) is 30.4 Å². The van der Waals surface area contributed by atoms with Crippen molar-refractivity contribution in [2.45, 2.75) is 6.42 Å². The van der Waals surface area contributed by atoms with Gasteiger partial charge >= 0.3 is 0 Å². The van der Waals surface area contributed by atoms with E-state index in [1.807, 2.05) is 0 Å². The Kier molecular flexibility index (Phi) is 2.74. The van der Waals surface area contributed by atoms with Gasteiger partial charge in [-0.1, -0.05) is 12.2 Å². The van der Waals surface area contributed by atoms with Gasteiger partial charge in [0.25, 0.3) is 5.69 Å². The summed E-state index contributed by atoms with van der Waals surface area (Å²) >= 11 is 0. The smallest absolute Gasteiger partial charge is 0.271 e. The minimum Gasteiger partial charge on any atom is -0.495 e. The van der Waals surface area contributed by atoms with Crippen LogP contribution in [0.25, 0.3) is 0 Å². The fourth-order valence-electron chi connectivity index (χ4n) is 5.16. The highest BCUT2D eigenvalue weighted by atomic mass is 16.6. The number of amides is 2. The second-order valence-corrected chi connectivity index (χ2v) is 7.28. The number of benzene rings is 1. The maximum atomic E-state index is 13.1. The monoisotopic (exact) mass is 340 g/mol. The molecule has 2 amide bonds. The first kappa shape index (κ1) is 14.6. The molecular formula is C18H16N2O5. The largest absolute Gasteiger partial charge is 0.495 e. The fourth-order valence-corrected chi connectivity index (χ4v) is 5.16. The number of anilines is 1. The molecule has 0 unspecified atom stereocenters. The predicted molar refractivity (Wildman–Crippen MR) is 86.8 cm³/mol. The molecule has 0 aromatic heterocycles. The molecule has 1 saturated heterocycles. The summed E-state index contributed by atoms with van der Waals surface area (Å²) in [5, 5.41) is 11.1. The van der Waals surface area contributed by atoms with Gasteiger partial charge < -0.3 is 4.74 Å². The van der Waals surface area contributed by atoms with Gasteiger partial charge in [-0.3, -0.25) is 19.7 Å². The molecule has 1 heterocycles. The predicted octanol–water partition coefficient (Wildman–Crippen LogP) is 2.16. The van der Waals surface area contributed by atoms with Crippen molar-refractivity contribution in [3.8, 4) is 5.75 Å². The number of non-ortho nitro benzene ring substituents is 1. The van der Waals surface area contributed by atoms with Crippen molar-refractivity contribution in [1.82, 2.24) is 0 Å². The maximum Gasteiger partial charge on any atom is 0.271 e. The third-order valence-corrected chi connectivity index (χ3v) is 6.28. The molecule has 0 spiro atoms. The molecule has 5 aliphatic rings. The van der Waals surface area contributed by atoms with Crippen LogP contribution in [0, 0.1) is 45.6 Å². The molecule has 25 heavy (non-hydrogen) atoms. The molecule has 0 radical (unpaired) electrons. The summed E-state index contributed by atoms with van der Waals surface area (Å²) < 4.78 is 5.26. The summed E-state index contributed by atoms with van der Waals surface area (Å²) in [5.41, 5.74) is 0.00406. The Morgan fingerprint density at radius 3 is 2.24 bits per heavy atom. The Hall–Kier alpha value is -2.70. The minimum absolute atomic E-state index is 0.117. The lowest BCUT2D eigenvalue weighted by Gasteiger charge is -2.37. The highest BCUT2D eigenvalue weighted by Gasteiger charge is 2.67. The number of imide groups is 1. The summed E-state index contributed by atoms with van der Waals surface area (Å²) in [7, 11) is 1.42. The van der Waals surface area contributed by atoms with E-state index in [9.17, 15) is 19.7 Å². The average molecular weight is 340 g/mol. The van der Waals surface area contributed by atoms with Gasteiger partial charge in [-0.2, -0.15) is 0 Å². The normalized spacial score (nSPS) is 37.1. The molecular weight excluding hydrogens is 324 g/mol. The molecule has 7 heteroatoms. The van der Waals surface area contributed by atoms with E-state index in [4.69, 9.17) is 4.74 Å². The van der Waals surface area contributed by atoms with Crippen LogP contribution in [0.4, 0.5) is 11.4 Å². The zero-order valence-corrected chi connectivity index (χ0v) is 13.5. The number of carbonyl (C=O) groups excluding carboxylic acids is 2. The second-order valence-electron chi connectivity index (χ2n) is 7.28. The van der Waals surface area contributed by atoms with Gasteiger partial charge in [0, 0.05) is 12.1 Å². The number of allylic oxidation sites excluding steroid dienone is 2. The van der Waals surface area contributed by atoms with E-state index in [2.05, 4.69) is 12.2 Å². The van der Waals surface area contributed by atoms with E-state index >= 15 is 0 Å². The summed E-state index contributed by atoms with van der Waals surface area (Å²) in [6.07, 6.45) is 5.29. The first-order valence-corrected chi connectivity index (χ1v) is 8.41. The van der Waals surface area contributed by atoms with Gasteiger partial charge in [0.05, 0.1) is 23.9 Å². The lowest BCUT2D eigenvalue weighted by Crippen LogP contribution is -2.40. The molecule has 3 fully saturated rings. The van der Waals surface area contributed by atoms with Crippen LogP contribution in [0.1, 0.15) is 6.42 Å². The molecule has 1 aromatic carbocycles. The van der Waals surface area contributed by atoms with Crippen molar-refractivity contribution >= 4 is 23.2 Å². The third-order valence-electron chi connectivity index (χ3n) is 6.28. The molecule has 1 aromatic rings. The van der Waals surface area contributed by atoms with Crippen LogP contribution in [0.5, 0.6) is 5.75 Å². The third kappa shape index (κ3) is 1.75. The highest BCUT2D eigenvalue weighted by Crippen LogP contribution is 2.65. The Morgan fingerprint density at radius 2 is 1.72 bits per heavy atom. The number of nitro groups is 1. The SMILES string of the molecule is COc1ccc([N+](=O)[O-])cc1N1C(=O)[C@@H]2[C@H]3C=C[C@@H]([C@@H]4C[C@@H]34)[C@H]2C1=O. The van der Waals surface area contributed by atoms with Gasteiger partial charge in [-0.25, -0.2) is 4.90 Å². The van der Waals surface area contributed by atoms with E-state index in [-0.39, 0.29) is 52.6 Å². The van der Waals surface area contributed by atoms with Gasteiger partial charge in [-0.05, 0) is 36.2 Å². The zero-order valence-electron chi connectivity index (χ0n) is 13.5. The second kappa shape index (κ2) is 4.68.